The van der Waals surface area contributed by atoms with Gasteiger partial charge in [0, 0.05) is 27.5 Å². The molecular formula is C42H26N4. The molecule has 0 spiro atoms. The first kappa shape index (κ1) is 26.2. The van der Waals surface area contributed by atoms with Crippen LogP contribution in [0.15, 0.2) is 158 Å². The predicted octanol–water partition coefficient (Wildman–Crippen LogP) is 10.5. The third kappa shape index (κ3) is 4.47. The van der Waals surface area contributed by atoms with Crippen LogP contribution in [-0.4, -0.2) is 19.9 Å². The van der Waals surface area contributed by atoms with Crippen LogP contribution in [0.3, 0.4) is 0 Å². The molecule has 0 amide bonds. The normalized spacial score (nSPS) is 11.5. The monoisotopic (exact) mass is 586 g/mol. The number of nitrogens with zero attached hydrogens (tertiary/aromatic N) is 4. The van der Waals surface area contributed by atoms with Crippen LogP contribution < -0.4 is 0 Å². The molecular weight excluding hydrogens is 560 g/mol. The zero-order valence-electron chi connectivity index (χ0n) is 24.8. The van der Waals surface area contributed by atoms with Gasteiger partial charge in [0.15, 0.2) is 17.5 Å². The van der Waals surface area contributed by atoms with Crippen LogP contribution in [-0.2, 0) is 0 Å². The summed E-state index contributed by atoms with van der Waals surface area (Å²) >= 11 is 0. The second-order valence-corrected chi connectivity index (χ2v) is 11.5. The third-order valence-electron chi connectivity index (χ3n) is 8.69. The first-order valence-electron chi connectivity index (χ1n) is 15.4. The summed E-state index contributed by atoms with van der Waals surface area (Å²) in [5, 5.41) is 6.96. The second kappa shape index (κ2) is 10.7. The lowest BCUT2D eigenvalue weighted by molar-refractivity contribution is 1.08. The molecule has 2 aromatic heterocycles. The fraction of sp³-hybridized carbons (Fsp3) is 0. The third-order valence-corrected chi connectivity index (χ3v) is 8.69. The summed E-state index contributed by atoms with van der Waals surface area (Å²) in [7, 11) is 0. The van der Waals surface area contributed by atoms with Crippen molar-refractivity contribution in [2.75, 3.05) is 0 Å². The molecule has 0 aliphatic rings. The van der Waals surface area contributed by atoms with Gasteiger partial charge in [0.05, 0.1) is 11.0 Å². The Morgan fingerprint density at radius 1 is 0.283 bits per heavy atom. The minimum Gasteiger partial charge on any atom is -0.248 e. The summed E-state index contributed by atoms with van der Waals surface area (Å²) in [4.78, 5) is 20.0. The van der Waals surface area contributed by atoms with Crippen molar-refractivity contribution in [2.24, 2.45) is 0 Å². The van der Waals surface area contributed by atoms with Gasteiger partial charge < -0.3 is 0 Å². The SMILES string of the molecule is c1ccc(-c2nc(-c3ccc(-c4cc5nc6ccccc6cc5c5ccccc45)cc3)nc(-c3cccc4ccccc34)n2)cc1. The first-order chi connectivity index (χ1) is 22.8. The van der Waals surface area contributed by atoms with Gasteiger partial charge in [-0.05, 0) is 50.9 Å². The Kier molecular flexibility index (Phi) is 6.10. The standard InChI is InChI=1S/C42H26N4/c1-2-12-29(13-3-1)40-44-41(46-42(45-40)35-19-10-15-27-11-4-6-16-32(27)35)30-23-21-28(22-24-30)36-26-39-37(34-18-8-7-17-33(34)36)25-31-14-5-9-20-38(31)43-39/h1-26H. The Hall–Kier alpha value is -6.26. The quantitative estimate of drug-likeness (QED) is 0.152. The van der Waals surface area contributed by atoms with Gasteiger partial charge in [-0.1, -0.05) is 140 Å². The van der Waals surface area contributed by atoms with E-state index in [2.05, 4.69) is 121 Å². The lowest BCUT2D eigenvalue weighted by atomic mass is 9.94. The lowest BCUT2D eigenvalue weighted by Crippen LogP contribution is -2.00. The van der Waals surface area contributed by atoms with Crippen LogP contribution in [0.5, 0.6) is 0 Å². The number of pyridine rings is 1. The average molecular weight is 587 g/mol. The highest BCUT2D eigenvalue weighted by molar-refractivity contribution is 6.15. The summed E-state index contributed by atoms with van der Waals surface area (Å²) in [5.41, 5.74) is 7.11. The molecule has 4 heteroatoms. The Morgan fingerprint density at radius 3 is 1.67 bits per heavy atom. The van der Waals surface area contributed by atoms with E-state index in [0.29, 0.717) is 17.5 Å². The van der Waals surface area contributed by atoms with E-state index in [9.17, 15) is 0 Å². The van der Waals surface area contributed by atoms with Gasteiger partial charge >= 0.3 is 0 Å². The van der Waals surface area contributed by atoms with Crippen LogP contribution >= 0.6 is 0 Å². The summed E-state index contributed by atoms with van der Waals surface area (Å²) in [5.74, 6) is 1.94. The van der Waals surface area contributed by atoms with E-state index in [1.54, 1.807) is 0 Å². The van der Waals surface area contributed by atoms with Crippen molar-refractivity contribution in [3.63, 3.8) is 0 Å². The highest BCUT2D eigenvalue weighted by Crippen LogP contribution is 2.37. The molecule has 0 aliphatic carbocycles. The number of para-hydroxylation sites is 1. The fourth-order valence-corrected chi connectivity index (χ4v) is 6.42. The van der Waals surface area contributed by atoms with Crippen LogP contribution in [0, 0.1) is 0 Å². The van der Waals surface area contributed by atoms with Crippen molar-refractivity contribution in [3.05, 3.63) is 158 Å². The zero-order valence-corrected chi connectivity index (χ0v) is 24.8. The maximum atomic E-state index is 5.05. The molecule has 2 heterocycles. The van der Waals surface area contributed by atoms with Crippen molar-refractivity contribution < 1.29 is 0 Å². The van der Waals surface area contributed by atoms with E-state index in [0.717, 1.165) is 60.4 Å². The molecule has 4 nitrogen and oxygen atoms in total. The van der Waals surface area contributed by atoms with Gasteiger partial charge in [0.25, 0.3) is 0 Å². The zero-order chi connectivity index (χ0) is 30.5. The summed E-state index contributed by atoms with van der Waals surface area (Å²) in [6.45, 7) is 0. The van der Waals surface area contributed by atoms with Crippen LogP contribution in [0.25, 0.3) is 88.6 Å². The summed E-state index contributed by atoms with van der Waals surface area (Å²) < 4.78 is 0. The maximum absolute atomic E-state index is 5.05. The van der Waals surface area contributed by atoms with Crippen LogP contribution in [0.4, 0.5) is 0 Å². The van der Waals surface area contributed by atoms with Crippen molar-refractivity contribution in [1.29, 1.82) is 0 Å². The Balaban J connectivity index is 1.19. The van der Waals surface area contributed by atoms with E-state index in [1.165, 1.54) is 10.8 Å². The van der Waals surface area contributed by atoms with Gasteiger partial charge in [-0.25, -0.2) is 19.9 Å². The molecule has 9 rings (SSSR count). The Labute approximate surface area is 265 Å². The molecule has 46 heavy (non-hydrogen) atoms. The van der Waals surface area contributed by atoms with Gasteiger partial charge in [0.1, 0.15) is 0 Å². The smallest absolute Gasteiger partial charge is 0.164 e. The number of hydrogen-bond donors (Lipinski definition) is 0. The summed E-state index contributed by atoms with van der Waals surface area (Å²) in [6.07, 6.45) is 0. The first-order valence-corrected chi connectivity index (χ1v) is 15.4. The fourth-order valence-electron chi connectivity index (χ4n) is 6.42. The minimum atomic E-state index is 0.639. The molecule has 0 N–H and O–H groups in total. The lowest BCUT2D eigenvalue weighted by Gasteiger charge is -2.13. The van der Waals surface area contributed by atoms with Crippen molar-refractivity contribution >= 4 is 43.4 Å². The highest BCUT2D eigenvalue weighted by atomic mass is 15.0. The average Bonchev–Trinajstić information content (AvgIpc) is 3.14. The molecule has 214 valence electrons. The number of benzene rings is 7. The highest BCUT2D eigenvalue weighted by Gasteiger charge is 2.15. The van der Waals surface area contributed by atoms with E-state index < -0.39 is 0 Å². The second-order valence-electron chi connectivity index (χ2n) is 11.5. The van der Waals surface area contributed by atoms with Crippen LogP contribution in [0.1, 0.15) is 0 Å². The minimum absolute atomic E-state index is 0.639. The molecule has 0 bridgehead atoms. The molecule has 9 aromatic rings. The van der Waals surface area contributed by atoms with E-state index >= 15 is 0 Å². The van der Waals surface area contributed by atoms with Gasteiger partial charge in [-0.3, -0.25) is 0 Å². The summed E-state index contributed by atoms with van der Waals surface area (Å²) in [6, 6.07) is 54.6. The topological polar surface area (TPSA) is 51.6 Å². The van der Waals surface area contributed by atoms with Gasteiger partial charge in [-0.2, -0.15) is 0 Å². The molecule has 0 saturated carbocycles. The molecule has 0 unspecified atom stereocenters. The largest absolute Gasteiger partial charge is 0.248 e. The van der Waals surface area contributed by atoms with Gasteiger partial charge in [0.2, 0.25) is 0 Å². The molecule has 0 radical (unpaired) electrons. The van der Waals surface area contributed by atoms with Crippen molar-refractivity contribution in [1.82, 2.24) is 19.9 Å². The Morgan fingerprint density at radius 2 is 0.870 bits per heavy atom. The number of aromatic nitrogens is 4. The predicted molar refractivity (Wildman–Crippen MR) is 189 cm³/mol. The molecule has 7 aromatic carbocycles. The molecule has 0 aliphatic heterocycles. The van der Waals surface area contributed by atoms with Crippen molar-refractivity contribution in [2.45, 2.75) is 0 Å². The van der Waals surface area contributed by atoms with E-state index in [4.69, 9.17) is 19.9 Å². The van der Waals surface area contributed by atoms with E-state index in [1.807, 2.05) is 36.4 Å². The van der Waals surface area contributed by atoms with Crippen molar-refractivity contribution in [3.8, 4) is 45.3 Å². The Bertz CT molecular complexity index is 2570. The van der Waals surface area contributed by atoms with E-state index in [-0.39, 0.29) is 0 Å². The van der Waals surface area contributed by atoms with Gasteiger partial charge in [-0.15, -0.1) is 0 Å². The number of rotatable bonds is 4. The number of fused-ring (bicyclic) bond motifs is 5. The molecule has 0 fully saturated rings. The molecule has 0 atom stereocenters. The number of hydrogen-bond acceptors (Lipinski definition) is 4. The van der Waals surface area contributed by atoms with Crippen LogP contribution in [0.2, 0.25) is 0 Å². The maximum Gasteiger partial charge on any atom is 0.164 e. The molecule has 0 saturated heterocycles.